The molecule has 0 spiro atoms. The van der Waals surface area contributed by atoms with E-state index in [0.717, 1.165) is 37.2 Å². The number of β-amino-alcohol motifs (C(OH)–C–C–N with tert-alkyl or cyclic N) is 1. The molecule has 152 valence electrons. The highest BCUT2D eigenvalue weighted by Crippen LogP contribution is 2.31. The number of halogens is 1. The second-order valence-corrected chi connectivity index (χ2v) is 7.82. The lowest BCUT2D eigenvalue weighted by Gasteiger charge is -2.24. The van der Waals surface area contributed by atoms with E-state index in [1.54, 1.807) is 11.0 Å². The molecule has 2 aliphatic rings. The van der Waals surface area contributed by atoms with Crippen molar-refractivity contribution in [2.45, 2.75) is 19.4 Å². The van der Waals surface area contributed by atoms with Crippen LogP contribution in [0.15, 0.2) is 42.5 Å². The number of hydrogen-bond acceptors (Lipinski definition) is 4. The lowest BCUT2D eigenvalue weighted by molar-refractivity contribution is -0.130. The smallest absolute Gasteiger partial charge is 0.260 e. The lowest BCUT2D eigenvalue weighted by atomic mass is 10.1. The summed E-state index contributed by atoms with van der Waals surface area (Å²) < 4.78 is 0. The van der Waals surface area contributed by atoms with Crippen LogP contribution in [0.4, 0.5) is 11.4 Å². The Kier molecular flexibility index (Phi) is 5.74. The van der Waals surface area contributed by atoms with E-state index in [4.69, 9.17) is 11.6 Å². The molecule has 2 aromatic carbocycles. The molecule has 0 atom stereocenters. The van der Waals surface area contributed by atoms with Crippen molar-refractivity contribution in [2.75, 3.05) is 42.6 Å². The van der Waals surface area contributed by atoms with Gasteiger partial charge in [0.15, 0.2) is 0 Å². The summed E-state index contributed by atoms with van der Waals surface area (Å²) in [4.78, 5) is 31.4. The highest BCUT2D eigenvalue weighted by molar-refractivity contribution is 6.35. The van der Waals surface area contributed by atoms with Crippen molar-refractivity contribution in [3.63, 3.8) is 0 Å². The molecule has 1 N–H and O–H groups in total. The van der Waals surface area contributed by atoms with Crippen molar-refractivity contribution in [3.05, 3.63) is 58.6 Å². The molecule has 4 rings (SSSR count). The largest absolute Gasteiger partial charge is 0.395 e. The number of carbonyl (C=O) groups is 2. The van der Waals surface area contributed by atoms with Gasteiger partial charge in [-0.1, -0.05) is 29.8 Å². The first-order valence-electron chi connectivity index (χ1n) is 9.91. The molecule has 1 saturated heterocycles. The van der Waals surface area contributed by atoms with E-state index in [1.165, 1.54) is 4.90 Å². The molecular formula is C22H24ClN3O3. The minimum atomic E-state index is -0.297. The van der Waals surface area contributed by atoms with Crippen LogP contribution in [0.1, 0.15) is 28.8 Å². The predicted molar refractivity (Wildman–Crippen MR) is 114 cm³/mol. The number of aliphatic hydroxyl groups is 1. The van der Waals surface area contributed by atoms with Gasteiger partial charge in [0, 0.05) is 37.6 Å². The maximum atomic E-state index is 13.4. The van der Waals surface area contributed by atoms with Crippen molar-refractivity contribution >= 4 is 34.8 Å². The van der Waals surface area contributed by atoms with E-state index in [-0.39, 0.29) is 31.5 Å². The van der Waals surface area contributed by atoms with Gasteiger partial charge >= 0.3 is 0 Å². The fraction of sp³-hybridized carbons (Fsp3) is 0.364. The average Bonchev–Trinajstić information content (AvgIpc) is 3.22. The van der Waals surface area contributed by atoms with E-state index in [9.17, 15) is 14.7 Å². The van der Waals surface area contributed by atoms with E-state index in [0.29, 0.717) is 22.8 Å². The number of benzene rings is 2. The van der Waals surface area contributed by atoms with Crippen LogP contribution in [0.3, 0.4) is 0 Å². The SMILES string of the molecule is O=C1CN(C(=O)c2ccc(N3CCCC3)cc2Cl)c2ccccc2CN1CCO. The molecule has 29 heavy (non-hydrogen) atoms. The molecular weight excluding hydrogens is 390 g/mol. The molecule has 2 aromatic rings. The van der Waals surface area contributed by atoms with Gasteiger partial charge in [0.1, 0.15) is 6.54 Å². The van der Waals surface area contributed by atoms with E-state index < -0.39 is 0 Å². The highest BCUT2D eigenvalue weighted by atomic mass is 35.5. The van der Waals surface area contributed by atoms with Crippen LogP contribution in [-0.4, -0.2) is 54.6 Å². The summed E-state index contributed by atoms with van der Waals surface area (Å²) in [5.41, 5.74) is 2.97. The summed E-state index contributed by atoms with van der Waals surface area (Å²) in [7, 11) is 0. The molecule has 1 fully saturated rings. The summed E-state index contributed by atoms with van der Waals surface area (Å²) >= 11 is 6.50. The van der Waals surface area contributed by atoms with Crippen LogP contribution in [0, 0.1) is 0 Å². The first-order valence-corrected chi connectivity index (χ1v) is 10.3. The Balaban J connectivity index is 1.66. The number of rotatable bonds is 4. The van der Waals surface area contributed by atoms with Gasteiger partial charge in [-0.25, -0.2) is 0 Å². The molecule has 0 radical (unpaired) electrons. The van der Waals surface area contributed by atoms with Crippen LogP contribution >= 0.6 is 11.6 Å². The Labute approximate surface area is 175 Å². The standard InChI is InChI=1S/C22H24ClN3O3/c23-19-13-17(24-9-3-4-10-24)7-8-18(19)22(29)26-15-21(28)25(11-12-27)14-16-5-1-2-6-20(16)26/h1-2,5-8,13,27H,3-4,9-12,14-15H2. The van der Waals surface area contributed by atoms with Crippen LogP contribution < -0.4 is 9.80 Å². The zero-order valence-corrected chi connectivity index (χ0v) is 16.9. The fourth-order valence-corrected chi connectivity index (χ4v) is 4.28. The fourth-order valence-electron chi connectivity index (χ4n) is 4.02. The van der Waals surface area contributed by atoms with Crippen molar-refractivity contribution < 1.29 is 14.7 Å². The minimum Gasteiger partial charge on any atom is -0.395 e. The monoisotopic (exact) mass is 413 g/mol. The van der Waals surface area contributed by atoms with Gasteiger partial charge in [-0.3, -0.25) is 14.5 Å². The van der Waals surface area contributed by atoms with E-state index >= 15 is 0 Å². The zero-order chi connectivity index (χ0) is 20.4. The maximum absolute atomic E-state index is 13.4. The van der Waals surface area contributed by atoms with Crippen molar-refractivity contribution in [1.29, 1.82) is 0 Å². The number of para-hydroxylation sites is 1. The molecule has 2 heterocycles. The summed E-state index contributed by atoms with van der Waals surface area (Å²) in [6, 6.07) is 13.0. The molecule has 0 saturated carbocycles. The summed E-state index contributed by atoms with van der Waals surface area (Å²) in [6.07, 6.45) is 2.32. The molecule has 0 aliphatic carbocycles. The topological polar surface area (TPSA) is 64.1 Å². The quantitative estimate of drug-likeness (QED) is 0.837. The van der Waals surface area contributed by atoms with Crippen molar-refractivity contribution in [2.24, 2.45) is 0 Å². The molecule has 2 amide bonds. The normalized spacial score (nSPS) is 16.8. The average molecular weight is 414 g/mol. The second-order valence-electron chi connectivity index (χ2n) is 7.42. The van der Waals surface area contributed by atoms with Crippen LogP contribution in [0.2, 0.25) is 5.02 Å². The zero-order valence-electron chi connectivity index (χ0n) is 16.2. The lowest BCUT2D eigenvalue weighted by Crippen LogP contribution is -2.41. The Morgan fingerprint density at radius 3 is 2.55 bits per heavy atom. The Morgan fingerprint density at radius 2 is 1.83 bits per heavy atom. The highest BCUT2D eigenvalue weighted by Gasteiger charge is 2.30. The van der Waals surface area contributed by atoms with Crippen LogP contribution in [0.25, 0.3) is 0 Å². The van der Waals surface area contributed by atoms with Crippen molar-refractivity contribution in [1.82, 2.24) is 4.90 Å². The van der Waals surface area contributed by atoms with Gasteiger partial charge in [0.2, 0.25) is 5.91 Å². The Hall–Kier alpha value is -2.57. The molecule has 2 aliphatic heterocycles. The van der Waals surface area contributed by atoms with Crippen molar-refractivity contribution in [3.8, 4) is 0 Å². The number of fused-ring (bicyclic) bond motifs is 1. The third kappa shape index (κ3) is 3.95. The van der Waals surface area contributed by atoms with Gasteiger partial charge < -0.3 is 14.9 Å². The number of anilines is 2. The molecule has 6 nitrogen and oxygen atoms in total. The predicted octanol–water partition coefficient (Wildman–Crippen LogP) is 2.92. The van der Waals surface area contributed by atoms with Gasteiger partial charge in [0.05, 0.1) is 17.2 Å². The number of amides is 2. The summed E-state index contributed by atoms with van der Waals surface area (Å²) in [5, 5.41) is 9.68. The Morgan fingerprint density at radius 1 is 1.07 bits per heavy atom. The molecule has 0 unspecified atom stereocenters. The minimum absolute atomic E-state index is 0.0833. The molecule has 0 bridgehead atoms. The number of nitrogens with zero attached hydrogens (tertiary/aromatic N) is 3. The molecule has 0 aromatic heterocycles. The van der Waals surface area contributed by atoms with Gasteiger partial charge in [-0.05, 0) is 42.7 Å². The summed E-state index contributed by atoms with van der Waals surface area (Å²) in [5.74, 6) is -0.497. The number of hydrogen-bond donors (Lipinski definition) is 1. The second kappa shape index (κ2) is 8.43. The van der Waals surface area contributed by atoms with Crippen LogP contribution in [-0.2, 0) is 11.3 Å². The number of carbonyl (C=O) groups excluding carboxylic acids is 2. The first kappa shape index (κ1) is 19.7. The Bertz CT molecular complexity index is 927. The molecule has 7 heteroatoms. The van der Waals surface area contributed by atoms with E-state index in [1.807, 2.05) is 36.4 Å². The summed E-state index contributed by atoms with van der Waals surface area (Å²) in [6.45, 7) is 2.39. The maximum Gasteiger partial charge on any atom is 0.260 e. The van der Waals surface area contributed by atoms with E-state index in [2.05, 4.69) is 4.90 Å². The van der Waals surface area contributed by atoms with Crippen LogP contribution in [0.5, 0.6) is 0 Å². The first-order chi connectivity index (χ1) is 14.1. The van der Waals surface area contributed by atoms with Gasteiger partial charge in [0.25, 0.3) is 5.91 Å². The third-order valence-electron chi connectivity index (χ3n) is 5.56. The number of aliphatic hydroxyl groups excluding tert-OH is 1. The van der Waals surface area contributed by atoms with Gasteiger partial charge in [-0.15, -0.1) is 0 Å². The third-order valence-corrected chi connectivity index (χ3v) is 5.87. The van der Waals surface area contributed by atoms with Gasteiger partial charge in [-0.2, -0.15) is 0 Å².